The van der Waals surface area contributed by atoms with Crippen LogP contribution in [0.4, 0.5) is 10.2 Å². The first-order valence-electron chi connectivity index (χ1n) is 8.84. The zero-order valence-electron chi connectivity index (χ0n) is 15.7. The summed E-state index contributed by atoms with van der Waals surface area (Å²) in [4.78, 5) is 24.4. The minimum absolute atomic E-state index is 0.0898. The Labute approximate surface area is 157 Å². The molecule has 7 nitrogen and oxygen atoms in total. The fraction of sp³-hybridized carbons (Fsp3) is 0.421. The van der Waals surface area contributed by atoms with Crippen molar-refractivity contribution in [3.05, 3.63) is 41.6 Å². The van der Waals surface area contributed by atoms with Gasteiger partial charge in [-0.3, -0.25) is 4.79 Å². The molecule has 1 aliphatic heterocycles. The van der Waals surface area contributed by atoms with Crippen LogP contribution in [0.1, 0.15) is 23.0 Å². The summed E-state index contributed by atoms with van der Waals surface area (Å²) in [6, 6.07) is 5.10. The van der Waals surface area contributed by atoms with Crippen molar-refractivity contribution >= 4 is 11.7 Å². The zero-order chi connectivity index (χ0) is 19.4. The van der Waals surface area contributed by atoms with Crippen LogP contribution in [0.2, 0.25) is 0 Å². The van der Waals surface area contributed by atoms with Crippen LogP contribution < -0.4 is 14.4 Å². The van der Waals surface area contributed by atoms with Gasteiger partial charge in [0.15, 0.2) is 23.1 Å². The number of methoxy groups -OCH3 is 2. The van der Waals surface area contributed by atoms with Gasteiger partial charge in [0, 0.05) is 31.7 Å². The first-order chi connectivity index (χ1) is 13.1. The predicted octanol–water partition coefficient (Wildman–Crippen LogP) is 2.16. The molecule has 0 atom stereocenters. The van der Waals surface area contributed by atoms with E-state index in [0.717, 1.165) is 0 Å². The molecule has 1 fully saturated rings. The molecule has 0 radical (unpaired) electrons. The van der Waals surface area contributed by atoms with E-state index in [2.05, 4.69) is 9.97 Å². The Kier molecular flexibility index (Phi) is 5.73. The summed E-state index contributed by atoms with van der Waals surface area (Å²) in [6.07, 6.45) is 1.90. The standard InChI is InChI=1S/C19H23FN4O3/c1-4-14-17(20)18(22-12-21-14)23-7-9-24(10-8-23)19(25)13-5-6-15(26-2)16(11-13)27-3/h5-6,11-12H,4,7-10H2,1-3H3. The minimum Gasteiger partial charge on any atom is -0.493 e. The Morgan fingerprint density at radius 3 is 2.44 bits per heavy atom. The number of carbonyl (C=O) groups excluding carboxylic acids is 1. The third-order valence-electron chi connectivity index (χ3n) is 4.68. The second-order valence-corrected chi connectivity index (χ2v) is 6.16. The maximum absolute atomic E-state index is 14.5. The summed E-state index contributed by atoms with van der Waals surface area (Å²) >= 11 is 0. The molecule has 1 aromatic carbocycles. The molecular formula is C19H23FN4O3. The number of nitrogens with zero attached hydrogens (tertiary/aromatic N) is 4. The molecule has 0 bridgehead atoms. The third-order valence-corrected chi connectivity index (χ3v) is 4.68. The number of rotatable bonds is 5. The second kappa shape index (κ2) is 8.20. The molecule has 1 amide bonds. The largest absolute Gasteiger partial charge is 0.493 e. The molecule has 0 spiro atoms. The summed E-state index contributed by atoms with van der Waals surface area (Å²) < 4.78 is 24.9. The summed E-state index contributed by atoms with van der Waals surface area (Å²) in [6.45, 7) is 3.84. The van der Waals surface area contributed by atoms with Gasteiger partial charge in [-0.05, 0) is 24.6 Å². The van der Waals surface area contributed by atoms with Gasteiger partial charge in [-0.1, -0.05) is 6.92 Å². The van der Waals surface area contributed by atoms with Crippen molar-refractivity contribution in [1.82, 2.24) is 14.9 Å². The number of aryl methyl sites for hydroxylation is 1. The molecule has 2 heterocycles. The molecule has 144 valence electrons. The normalized spacial score (nSPS) is 14.2. The lowest BCUT2D eigenvalue weighted by Gasteiger charge is -2.35. The first kappa shape index (κ1) is 18.9. The van der Waals surface area contributed by atoms with Crippen LogP contribution >= 0.6 is 0 Å². The quantitative estimate of drug-likeness (QED) is 0.799. The highest BCUT2D eigenvalue weighted by molar-refractivity contribution is 5.95. The lowest BCUT2D eigenvalue weighted by atomic mass is 10.1. The fourth-order valence-electron chi connectivity index (χ4n) is 3.14. The molecule has 0 aliphatic carbocycles. The Balaban J connectivity index is 1.70. The van der Waals surface area contributed by atoms with E-state index < -0.39 is 0 Å². The number of amides is 1. The topological polar surface area (TPSA) is 67.8 Å². The van der Waals surface area contributed by atoms with Crippen LogP contribution in [-0.4, -0.2) is 61.2 Å². The predicted molar refractivity (Wildman–Crippen MR) is 99.0 cm³/mol. The molecule has 1 aromatic heterocycles. The highest BCUT2D eigenvalue weighted by atomic mass is 19.1. The van der Waals surface area contributed by atoms with E-state index in [-0.39, 0.29) is 11.7 Å². The van der Waals surface area contributed by atoms with E-state index in [4.69, 9.17) is 9.47 Å². The number of halogens is 1. The maximum Gasteiger partial charge on any atom is 0.254 e. The van der Waals surface area contributed by atoms with Crippen molar-refractivity contribution in [2.75, 3.05) is 45.3 Å². The smallest absolute Gasteiger partial charge is 0.254 e. The summed E-state index contributed by atoms with van der Waals surface area (Å²) in [5.41, 5.74) is 0.936. The first-order valence-corrected chi connectivity index (χ1v) is 8.84. The van der Waals surface area contributed by atoms with E-state index in [1.54, 1.807) is 30.2 Å². The van der Waals surface area contributed by atoms with E-state index in [1.165, 1.54) is 13.4 Å². The van der Waals surface area contributed by atoms with Gasteiger partial charge in [0.1, 0.15) is 6.33 Å². The molecule has 0 N–H and O–H groups in total. The van der Waals surface area contributed by atoms with Crippen LogP contribution in [0, 0.1) is 5.82 Å². The number of ether oxygens (including phenoxy) is 2. The Hall–Kier alpha value is -2.90. The fourth-order valence-corrected chi connectivity index (χ4v) is 3.14. The van der Waals surface area contributed by atoms with Crippen molar-refractivity contribution in [3.63, 3.8) is 0 Å². The number of piperazine rings is 1. The van der Waals surface area contributed by atoms with Gasteiger partial charge in [0.05, 0.1) is 19.9 Å². The van der Waals surface area contributed by atoms with Crippen LogP contribution in [0.5, 0.6) is 11.5 Å². The molecule has 8 heteroatoms. The van der Waals surface area contributed by atoms with Crippen LogP contribution in [0.15, 0.2) is 24.5 Å². The summed E-state index contributed by atoms with van der Waals surface area (Å²) in [5, 5.41) is 0. The van der Waals surface area contributed by atoms with Crippen molar-refractivity contribution < 1.29 is 18.7 Å². The van der Waals surface area contributed by atoms with Gasteiger partial charge in [-0.2, -0.15) is 0 Å². The molecule has 0 saturated carbocycles. The molecule has 0 unspecified atom stereocenters. The van der Waals surface area contributed by atoms with Gasteiger partial charge >= 0.3 is 0 Å². The van der Waals surface area contributed by atoms with Gasteiger partial charge in [-0.15, -0.1) is 0 Å². The van der Waals surface area contributed by atoms with E-state index >= 15 is 0 Å². The SMILES string of the molecule is CCc1ncnc(N2CCN(C(=O)c3ccc(OC)c(OC)c3)CC2)c1F. The average molecular weight is 374 g/mol. The number of hydrogen-bond acceptors (Lipinski definition) is 6. The van der Waals surface area contributed by atoms with Crippen LogP contribution in [0.3, 0.4) is 0 Å². The highest BCUT2D eigenvalue weighted by Gasteiger charge is 2.25. The van der Waals surface area contributed by atoms with Crippen molar-refractivity contribution in [2.24, 2.45) is 0 Å². The number of carbonyl (C=O) groups is 1. The third kappa shape index (κ3) is 3.79. The van der Waals surface area contributed by atoms with Crippen LogP contribution in [-0.2, 0) is 6.42 Å². The zero-order valence-corrected chi connectivity index (χ0v) is 15.7. The molecular weight excluding hydrogens is 351 g/mol. The maximum atomic E-state index is 14.5. The number of anilines is 1. The number of aromatic nitrogens is 2. The molecule has 3 rings (SSSR count). The summed E-state index contributed by atoms with van der Waals surface area (Å²) in [5.74, 6) is 0.926. The lowest BCUT2D eigenvalue weighted by Crippen LogP contribution is -2.49. The average Bonchev–Trinajstić information content (AvgIpc) is 2.73. The van der Waals surface area contributed by atoms with Crippen LogP contribution in [0.25, 0.3) is 0 Å². The van der Waals surface area contributed by atoms with Gasteiger partial charge in [0.2, 0.25) is 0 Å². The molecule has 1 aliphatic rings. The summed E-state index contributed by atoms with van der Waals surface area (Å²) in [7, 11) is 3.08. The Morgan fingerprint density at radius 2 is 1.81 bits per heavy atom. The second-order valence-electron chi connectivity index (χ2n) is 6.16. The molecule has 27 heavy (non-hydrogen) atoms. The van der Waals surface area contributed by atoms with Gasteiger partial charge < -0.3 is 19.3 Å². The Bertz CT molecular complexity index is 823. The van der Waals surface area contributed by atoms with Crippen molar-refractivity contribution in [3.8, 4) is 11.5 Å². The van der Waals surface area contributed by atoms with Gasteiger partial charge in [0.25, 0.3) is 5.91 Å². The number of hydrogen-bond donors (Lipinski definition) is 0. The minimum atomic E-state index is -0.375. The monoisotopic (exact) mass is 374 g/mol. The van der Waals surface area contributed by atoms with E-state index in [1.807, 2.05) is 11.8 Å². The van der Waals surface area contributed by atoms with Crippen molar-refractivity contribution in [2.45, 2.75) is 13.3 Å². The van der Waals surface area contributed by atoms with E-state index in [0.29, 0.717) is 61.2 Å². The number of benzene rings is 1. The lowest BCUT2D eigenvalue weighted by molar-refractivity contribution is 0.0746. The van der Waals surface area contributed by atoms with Crippen molar-refractivity contribution in [1.29, 1.82) is 0 Å². The molecule has 1 saturated heterocycles. The Morgan fingerprint density at radius 1 is 1.11 bits per heavy atom. The van der Waals surface area contributed by atoms with Gasteiger partial charge in [-0.25, -0.2) is 14.4 Å². The van der Waals surface area contributed by atoms with E-state index in [9.17, 15) is 9.18 Å². The molecule has 2 aromatic rings. The highest BCUT2D eigenvalue weighted by Crippen LogP contribution is 2.28.